The second kappa shape index (κ2) is 13.3. The molecular weight excluding hydrogens is 655 g/mol. The van der Waals surface area contributed by atoms with Gasteiger partial charge in [-0.2, -0.15) is 4.98 Å². The van der Waals surface area contributed by atoms with Crippen LogP contribution in [0.1, 0.15) is 66.7 Å². The molecule has 0 saturated heterocycles. The van der Waals surface area contributed by atoms with Crippen LogP contribution < -0.4 is 14.4 Å². The summed E-state index contributed by atoms with van der Waals surface area (Å²) >= 11 is 0. The smallest absolute Gasteiger partial charge is 0.264 e. The van der Waals surface area contributed by atoms with Crippen LogP contribution in [0.5, 0.6) is 5.88 Å². The fourth-order valence-electron chi connectivity index (χ4n) is 6.91. The highest BCUT2D eigenvalue weighted by atomic mass is 32.2. The van der Waals surface area contributed by atoms with Crippen molar-refractivity contribution in [2.24, 2.45) is 5.41 Å². The standard InChI is InChI=1S/C37H43N7O5S/c1-23(2)48-21-29-22-49-33-15-31(34-24(3)8-6-9-25(34)4)40-36(41-33)42-50(46,47)30-11-7-10-26(14-30)35(45)44(29)20-27-18-38-19-32(39-27)43(5)28-16-37(17-28)12-13-37/h6-11,14-15,18-19,23,28-29H,12-13,16-17,20-22H2,1-5H3,(H,40,41,42)/t29-/m1/s1. The van der Waals surface area contributed by atoms with Crippen LogP contribution in [0.4, 0.5) is 11.8 Å². The zero-order valence-corrected chi connectivity index (χ0v) is 29.9. The second-order valence-electron chi connectivity index (χ2n) is 14.1. The molecule has 2 aliphatic carbocycles. The van der Waals surface area contributed by atoms with Crippen molar-refractivity contribution < 1.29 is 22.7 Å². The van der Waals surface area contributed by atoms with Gasteiger partial charge in [0.25, 0.3) is 15.9 Å². The highest BCUT2D eigenvalue weighted by Gasteiger charge is 2.54. The Bertz CT molecular complexity index is 2010. The van der Waals surface area contributed by atoms with E-state index in [2.05, 4.69) is 24.6 Å². The van der Waals surface area contributed by atoms with E-state index in [0.717, 1.165) is 35.3 Å². The first-order chi connectivity index (χ1) is 23.9. The van der Waals surface area contributed by atoms with Gasteiger partial charge in [-0.1, -0.05) is 24.3 Å². The molecule has 2 aromatic carbocycles. The number of carbonyl (C=O) groups is 1. The molecule has 0 radical (unpaired) electrons. The van der Waals surface area contributed by atoms with Crippen molar-refractivity contribution >= 4 is 27.7 Å². The molecule has 1 spiro atoms. The molecule has 12 nitrogen and oxygen atoms in total. The number of ether oxygens (including phenoxy) is 2. The second-order valence-corrected chi connectivity index (χ2v) is 15.8. The molecule has 4 bridgehead atoms. The number of anilines is 2. The van der Waals surface area contributed by atoms with Gasteiger partial charge >= 0.3 is 0 Å². The van der Waals surface area contributed by atoms with Crippen LogP contribution >= 0.6 is 0 Å². The molecule has 4 aromatic rings. The Labute approximate surface area is 293 Å². The van der Waals surface area contributed by atoms with Crippen molar-refractivity contribution in [1.82, 2.24) is 24.8 Å². The zero-order chi connectivity index (χ0) is 35.2. The fourth-order valence-corrected chi connectivity index (χ4v) is 7.90. The summed E-state index contributed by atoms with van der Waals surface area (Å²) in [4.78, 5) is 36.7. The molecular formula is C37H43N7O5S. The number of amides is 1. The van der Waals surface area contributed by atoms with Crippen LogP contribution in [0.3, 0.4) is 0 Å². The molecule has 0 unspecified atom stereocenters. The van der Waals surface area contributed by atoms with Crippen molar-refractivity contribution in [2.45, 2.75) is 83.0 Å². The van der Waals surface area contributed by atoms with Gasteiger partial charge in [0.2, 0.25) is 11.8 Å². The van der Waals surface area contributed by atoms with Crippen LogP contribution in [0.15, 0.2) is 65.8 Å². The summed E-state index contributed by atoms with van der Waals surface area (Å²) in [5, 5.41) is 0. The zero-order valence-electron chi connectivity index (χ0n) is 29.1. The summed E-state index contributed by atoms with van der Waals surface area (Å²) in [5.74, 6) is 0.365. The van der Waals surface area contributed by atoms with Gasteiger partial charge in [-0.15, -0.1) is 0 Å². The van der Waals surface area contributed by atoms with Crippen molar-refractivity contribution in [3.8, 4) is 17.1 Å². The van der Waals surface area contributed by atoms with E-state index in [4.69, 9.17) is 14.5 Å². The van der Waals surface area contributed by atoms with E-state index in [-0.39, 0.29) is 48.1 Å². The monoisotopic (exact) mass is 697 g/mol. The third-order valence-electron chi connectivity index (χ3n) is 10.0. The molecule has 1 aliphatic heterocycles. The van der Waals surface area contributed by atoms with Crippen molar-refractivity contribution in [2.75, 3.05) is 29.9 Å². The fraction of sp³-hybridized carbons (Fsp3) is 0.432. The van der Waals surface area contributed by atoms with E-state index in [1.165, 1.54) is 25.0 Å². The summed E-state index contributed by atoms with van der Waals surface area (Å²) in [6.45, 7) is 8.04. The van der Waals surface area contributed by atoms with Crippen LogP contribution in [-0.2, 0) is 21.3 Å². The first kappa shape index (κ1) is 33.9. The summed E-state index contributed by atoms with van der Waals surface area (Å²) < 4.78 is 42.3. The van der Waals surface area contributed by atoms with Crippen molar-refractivity contribution in [3.05, 3.63) is 83.3 Å². The number of hydrogen-bond donors (Lipinski definition) is 1. The van der Waals surface area contributed by atoms with Gasteiger partial charge in [0, 0.05) is 30.3 Å². The van der Waals surface area contributed by atoms with Gasteiger partial charge in [-0.05, 0) is 88.1 Å². The Kier molecular flexibility index (Phi) is 8.97. The quantitative estimate of drug-likeness (QED) is 0.249. The topological polar surface area (TPSA) is 140 Å². The minimum Gasteiger partial charge on any atom is -0.475 e. The Hall–Kier alpha value is -4.62. The lowest BCUT2D eigenvalue weighted by molar-refractivity contribution is 0.00629. The van der Waals surface area contributed by atoms with E-state index in [1.54, 1.807) is 35.5 Å². The summed E-state index contributed by atoms with van der Waals surface area (Å²) in [7, 11) is -2.14. The SMILES string of the molecule is Cc1cccc(C)c1-c1cc2nc(n1)NS(=O)(=O)c1cccc(c1)C(=O)N(Cc1cncc(N(C)C3CC4(CC4)C3)n1)[C@H](COC(C)C)CO2. The number of benzene rings is 2. The maximum atomic E-state index is 14.5. The number of aromatic nitrogens is 4. The summed E-state index contributed by atoms with van der Waals surface area (Å²) in [5.41, 5.74) is 4.61. The van der Waals surface area contributed by atoms with Crippen molar-refractivity contribution in [3.63, 3.8) is 0 Å². The molecule has 13 heteroatoms. The highest BCUT2D eigenvalue weighted by molar-refractivity contribution is 7.92. The molecule has 3 aliphatic rings. The maximum Gasteiger partial charge on any atom is 0.264 e. The average molecular weight is 698 g/mol. The molecule has 50 heavy (non-hydrogen) atoms. The number of nitrogens with one attached hydrogen (secondary N) is 1. The first-order valence-electron chi connectivity index (χ1n) is 17.1. The summed E-state index contributed by atoms with van der Waals surface area (Å²) in [6.07, 6.45) is 8.24. The number of fused-ring (bicyclic) bond motifs is 4. The first-order valence-corrected chi connectivity index (χ1v) is 18.6. The van der Waals surface area contributed by atoms with Crippen molar-refractivity contribution in [1.29, 1.82) is 0 Å². The van der Waals surface area contributed by atoms with Gasteiger partial charge in [0.05, 0.1) is 54.0 Å². The van der Waals surface area contributed by atoms with E-state index in [1.807, 2.05) is 52.9 Å². The van der Waals surface area contributed by atoms with Gasteiger partial charge in [-0.3, -0.25) is 9.78 Å². The lowest BCUT2D eigenvalue weighted by atomic mass is 9.76. The molecule has 3 heterocycles. The summed E-state index contributed by atoms with van der Waals surface area (Å²) in [6, 6.07) is 13.4. The number of hydrogen-bond acceptors (Lipinski definition) is 10. The number of rotatable bonds is 8. The number of nitrogens with zero attached hydrogens (tertiary/aromatic N) is 6. The van der Waals surface area contributed by atoms with Gasteiger partial charge in [0.15, 0.2) is 0 Å². The Morgan fingerprint density at radius 1 is 1.04 bits per heavy atom. The average Bonchev–Trinajstić information content (AvgIpc) is 3.87. The molecule has 2 aromatic heterocycles. The largest absolute Gasteiger partial charge is 0.475 e. The molecule has 2 saturated carbocycles. The molecule has 262 valence electrons. The van der Waals surface area contributed by atoms with Gasteiger partial charge in [0.1, 0.15) is 12.4 Å². The number of carbonyl (C=O) groups excluding carboxylic acids is 1. The molecule has 1 atom stereocenters. The molecule has 7 rings (SSSR count). The van der Waals surface area contributed by atoms with E-state index in [9.17, 15) is 13.2 Å². The number of aryl methyl sites for hydroxylation is 2. The Morgan fingerprint density at radius 2 is 1.78 bits per heavy atom. The minimum atomic E-state index is -4.19. The normalized spacial score (nSPS) is 19.4. The highest BCUT2D eigenvalue weighted by Crippen LogP contribution is 2.61. The number of sulfonamides is 1. The third kappa shape index (κ3) is 7.02. The Morgan fingerprint density at radius 3 is 2.50 bits per heavy atom. The van der Waals surface area contributed by atoms with Gasteiger partial charge in [-0.25, -0.2) is 23.1 Å². The minimum absolute atomic E-state index is 0.00469. The Balaban J connectivity index is 1.28. The van der Waals surface area contributed by atoms with Crippen LogP contribution in [0.2, 0.25) is 0 Å². The van der Waals surface area contributed by atoms with Crippen LogP contribution in [0, 0.1) is 19.3 Å². The lowest BCUT2D eigenvalue weighted by Gasteiger charge is -2.42. The predicted octanol–water partition coefficient (Wildman–Crippen LogP) is 5.56. The molecule has 1 N–H and O–H groups in total. The lowest BCUT2D eigenvalue weighted by Crippen LogP contribution is -2.47. The third-order valence-corrected chi connectivity index (χ3v) is 11.3. The van der Waals surface area contributed by atoms with Gasteiger partial charge < -0.3 is 19.3 Å². The van der Waals surface area contributed by atoms with E-state index >= 15 is 0 Å². The molecule has 2 fully saturated rings. The molecule has 1 amide bonds. The van der Waals surface area contributed by atoms with E-state index in [0.29, 0.717) is 22.8 Å². The maximum absolute atomic E-state index is 14.5. The predicted molar refractivity (Wildman–Crippen MR) is 190 cm³/mol. The van der Waals surface area contributed by atoms with Crippen LogP contribution in [0.25, 0.3) is 11.3 Å². The van der Waals surface area contributed by atoms with Crippen LogP contribution in [-0.4, -0.2) is 77.6 Å². The van der Waals surface area contributed by atoms with E-state index < -0.39 is 22.0 Å².